The van der Waals surface area contributed by atoms with Crippen molar-refractivity contribution in [1.82, 2.24) is 10.2 Å². The fourth-order valence-corrected chi connectivity index (χ4v) is 3.44. The van der Waals surface area contributed by atoms with Crippen molar-refractivity contribution in [3.63, 3.8) is 0 Å². The second-order valence-corrected chi connectivity index (χ2v) is 7.64. The molecule has 150 valence electrons. The van der Waals surface area contributed by atoms with Crippen LogP contribution in [-0.2, 0) is 15.5 Å². The summed E-state index contributed by atoms with van der Waals surface area (Å²) in [5, 5.41) is 18.5. The van der Waals surface area contributed by atoms with E-state index in [-0.39, 0.29) is 23.0 Å². The first-order valence-electron chi connectivity index (χ1n) is 8.67. The van der Waals surface area contributed by atoms with Gasteiger partial charge in [-0.1, -0.05) is 19.1 Å². The number of nitro groups is 1. The normalized spacial score (nSPS) is 12.9. The zero-order valence-corrected chi connectivity index (χ0v) is 16.4. The lowest BCUT2D eigenvalue weighted by Crippen LogP contribution is -2.12. The number of carbonyl (C=O) groups excluding carboxylic acids is 1. The third kappa shape index (κ3) is 4.54. The van der Waals surface area contributed by atoms with Crippen molar-refractivity contribution in [2.45, 2.75) is 24.8 Å². The minimum atomic E-state index is -1.31. The van der Waals surface area contributed by atoms with Crippen LogP contribution < -0.4 is 0 Å². The Hall–Kier alpha value is -3.40. The lowest BCUT2D eigenvalue weighted by Gasteiger charge is -2.11. The highest BCUT2D eigenvalue weighted by Crippen LogP contribution is 2.25. The first-order chi connectivity index (χ1) is 13.9. The molecule has 0 aliphatic rings. The average Bonchev–Trinajstić information content (AvgIpc) is 3.23. The summed E-state index contributed by atoms with van der Waals surface area (Å²) in [5.74, 6) is -0.0571. The van der Waals surface area contributed by atoms with Gasteiger partial charge in [-0.05, 0) is 31.2 Å². The number of carbonyl (C=O) groups is 1. The van der Waals surface area contributed by atoms with Gasteiger partial charge in [0.05, 0.1) is 26.2 Å². The second-order valence-electron chi connectivity index (χ2n) is 5.93. The van der Waals surface area contributed by atoms with Gasteiger partial charge in [0.1, 0.15) is 0 Å². The van der Waals surface area contributed by atoms with Crippen LogP contribution in [0.25, 0.3) is 11.5 Å². The quantitative estimate of drug-likeness (QED) is 0.325. The number of non-ortho nitro benzene ring substituents is 1. The zero-order valence-electron chi connectivity index (χ0n) is 15.6. The molecule has 29 heavy (non-hydrogen) atoms. The maximum Gasteiger partial charge on any atom is 0.340 e. The Morgan fingerprint density at radius 2 is 1.90 bits per heavy atom. The van der Waals surface area contributed by atoms with Gasteiger partial charge in [-0.15, -0.1) is 10.2 Å². The lowest BCUT2D eigenvalue weighted by atomic mass is 10.2. The zero-order chi connectivity index (χ0) is 21.0. The van der Waals surface area contributed by atoms with Crippen molar-refractivity contribution in [2.75, 3.05) is 5.75 Å². The van der Waals surface area contributed by atoms with E-state index in [1.54, 1.807) is 38.1 Å². The third-order valence-electron chi connectivity index (χ3n) is 4.01. The van der Waals surface area contributed by atoms with Gasteiger partial charge in [-0.3, -0.25) is 14.3 Å². The molecule has 0 unspecified atom stereocenters. The molecule has 9 nitrogen and oxygen atoms in total. The molecule has 1 heterocycles. The van der Waals surface area contributed by atoms with E-state index in [0.29, 0.717) is 16.2 Å². The van der Waals surface area contributed by atoms with E-state index < -0.39 is 27.8 Å². The van der Waals surface area contributed by atoms with Crippen LogP contribution in [0.15, 0.2) is 57.8 Å². The van der Waals surface area contributed by atoms with E-state index in [1.165, 1.54) is 24.3 Å². The average molecular weight is 415 g/mol. The van der Waals surface area contributed by atoms with Crippen LogP contribution >= 0.6 is 0 Å². The Morgan fingerprint density at radius 3 is 2.55 bits per heavy atom. The Balaban J connectivity index is 1.75. The van der Waals surface area contributed by atoms with Gasteiger partial charge in [-0.2, -0.15) is 0 Å². The molecule has 0 N–H and O–H groups in total. The molecule has 0 aliphatic carbocycles. The molecule has 0 saturated heterocycles. The Bertz CT molecular complexity index is 1060. The molecule has 0 bridgehead atoms. The van der Waals surface area contributed by atoms with Crippen LogP contribution in [0.2, 0.25) is 0 Å². The molecule has 0 radical (unpaired) electrons. The largest absolute Gasteiger partial charge is 0.449 e. The van der Waals surface area contributed by atoms with Crippen LogP contribution in [-0.4, -0.2) is 31.1 Å². The molecule has 1 aromatic heterocycles. The molecule has 0 spiro atoms. The SMILES string of the molecule is CC[S@@](=O)c1ccccc1C(=O)O[C@H](C)c1nnc(-c2ccc([N+](=O)[O-])cc2)o1. The lowest BCUT2D eigenvalue weighted by molar-refractivity contribution is -0.384. The molecule has 0 aliphatic heterocycles. The fourth-order valence-electron chi connectivity index (χ4n) is 2.50. The molecular weight excluding hydrogens is 398 g/mol. The minimum Gasteiger partial charge on any atom is -0.449 e. The van der Waals surface area contributed by atoms with Gasteiger partial charge in [-0.25, -0.2) is 4.79 Å². The molecule has 0 amide bonds. The second kappa shape index (κ2) is 8.74. The highest BCUT2D eigenvalue weighted by atomic mass is 32.2. The number of aromatic nitrogens is 2. The number of nitrogens with zero attached hydrogens (tertiary/aromatic N) is 3. The van der Waals surface area contributed by atoms with E-state index in [0.717, 1.165) is 0 Å². The van der Waals surface area contributed by atoms with Gasteiger partial charge < -0.3 is 9.15 Å². The third-order valence-corrected chi connectivity index (χ3v) is 5.38. The number of nitro benzene ring substituents is 1. The summed E-state index contributed by atoms with van der Waals surface area (Å²) in [6, 6.07) is 12.2. The first-order valence-corrected chi connectivity index (χ1v) is 9.99. The summed E-state index contributed by atoms with van der Waals surface area (Å²) in [6.07, 6.45) is -0.843. The van der Waals surface area contributed by atoms with Gasteiger partial charge in [0, 0.05) is 23.4 Å². The maximum atomic E-state index is 12.5. The van der Waals surface area contributed by atoms with Gasteiger partial charge in [0.25, 0.3) is 11.6 Å². The van der Waals surface area contributed by atoms with Crippen LogP contribution in [0.4, 0.5) is 5.69 Å². The number of hydrogen-bond donors (Lipinski definition) is 0. The highest BCUT2D eigenvalue weighted by molar-refractivity contribution is 7.85. The van der Waals surface area contributed by atoms with Crippen LogP contribution in [0, 0.1) is 10.1 Å². The number of esters is 1. The summed E-state index contributed by atoms with van der Waals surface area (Å²) in [7, 11) is -1.31. The van der Waals surface area contributed by atoms with Crippen molar-refractivity contribution >= 4 is 22.5 Å². The Kier molecular flexibility index (Phi) is 6.13. The molecule has 0 saturated carbocycles. The van der Waals surface area contributed by atoms with Gasteiger partial charge in [0.15, 0.2) is 6.10 Å². The summed E-state index contributed by atoms with van der Waals surface area (Å²) < 4.78 is 23.1. The van der Waals surface area contributed by atoms with Crippen molar-refractivity contribution in [3.05, 3.63) is 70.1 Å². The minimum absolute atomic E-state index is 0.0566. The predicted octanol–water partition coefficient (Wildman–Crippen LogP) is 3.69. The van der Waals surface area contributed by atoms with E-state index in [4.69, 9.17) is 9.15 Å². The molecule has 2 atom stereocenters. The maximum absolute atomic E-state index is 12.5. The van der Waals surface area contributed by atoms with Crippen molar-refractivity contribution in [2.24, 2.45) is 0 Å². The Labute approximate surface area is 168 Å². The summed E-state index contributed by atoms with van der Waals surface area (Å²) in [5.41, 5.74) is 0.658. The number of benzene rings is 2. The summed E-state index contributed by atoms with van der Waals surface area (Å²) in [6.45, 7) is 3.34. The van der Waals surface area contributed by atoms with E-state index >= 15 is 0 Å². The van der Waals surface area contributed by atoms with E-state index in [1.807, 2.05) is 0 Å². The smallest absolute Gasteiger partial charge is 0.340 e. The van der Waals surface area contributed by atoms with Crippen LogP contribution in [0.3, 0.4) is 0 Å². The summed E-state index contributed by atoms with van der Waals surface area (Å²) >= 11 is 0. The highest BCUT2D eigenvalue weighted by Gasteiger charge is 2.23. The number of rotatable bonds is 7. The van der Waals surface area contributed by atoms with Crippen molar-refractivity contribution in [1.29, 1.82) is 0 Å². The standard InChI is InChI=1S/C19H17N3O6S/c1-3-29(26)16-7-5-4-6-15(16)19(23)27-12(2)17-20-21-18(28-17)13-8-10-14(11-9-13)22(24)25/h4-12H,3H2,1-2H3/t12-,29-/m1/s1. The number of hydrogen-bond acceptors (Lipinski definition) is 8. The monoisotopic (exact) mass is 415 g/mol. The molecule has 10 heteroatoms. The van der Waals surface area contributed by atoms with Gasteiger partial charge >= 0.3 is 5.97 Å². The fraction of sp³-hybridized carbons (Fsp3) is 0.211. The van der Waals surface area contributed by atoms with Crippen molar-refractivity contribution < 1.29 is 23.1 Å². The molecular formula is C19H17N3O6S. The van der Waals surface area contributed by atoms with Crippen LogP contribution in [0.5, 0.6) is 0 Å². The molecule has 2 aromatic carbocycles. The predicted molar refractivity (Wildman–Crippen MR) is 104 cm³/mol. The molecule has 0 fully saturated rings. The molecule has 3 rings (SSSR count). The topological polar surface area (TPSA) is 125 Å². The number of ether oxygens (including phenoxy) is 1. The Morgan fingerprint density at radius 1 is 1.21 bits per heavy atom. The van der Waals surface area contributed by atoms with E-state index in [9.17, 15) is 19.1 Å². The first kappa shape index (κ1) is 20.3. The van der Waals surface area contributed by atoms with Crippen molar-refractivity contribution in [3.8, 4) is 11.5 Å². The van der Waals surface area contributed by atoms with E-state index in [2.05, 4.69) is 10.2 Å². The summed E-state index contributed by atoms with van der Waals surface area (Å²) in [4.78, 5) is 23.2. The van der Waals surface area contributed by atoms with Crippen LogP contribution in [0.1, 0.15) is 36.2 Å². The molecule has 3 aromatic rings. The van der Waals surface area contributed by atoms with Gasteiger partial charge in [0.2, 0.25) is 5.89 Å².